The van der Waals surface area contributed by atoms with Gasteiger partial charge in [-0.25, -0.2) is 8.78 Å². The van der Waals surface area contributed by atoms with Gasteiger partial charge < -0.3 is 4.74 Å². The average Bonchev–Trinajstić information content (AvgIpc) is 2.40. The lowest BCUT2D eigenvalue weighted by Crippen LogP contribution is -2.33. The smallest absolute Gasteiger partial charge is 0.306 e. The first kappa shape index (κ1) is 14.0. The third-order valence-electron chi connectivity index (χ3n) is 3.57. The van der Waals surface area contributed by atoms with Crippen LogP contribution in [0.1, 0.15) is 37.7 Å². The van der Waals surface area contributed by atoms with E-state index >= 15 is 0 Å². The summed E-state index contributed by atoms with van der Waals surface area (Å²) >= 11 is 0. The summed E-state index contributed by atoms with van der Waals surface area (Å²) in [5.74, 6) is -4.11. The molecule has 104 valence electrons. The fourth-order valence-electron chi connectivity index (χ4n) is 2.42. The van der Waals surface area contributed by atoms with Crippen molar-refractivity contribution in [3.05, 3.63) is 35.9 Å². The topological polar surface area (TPSA) is 26.3 Å². The molecule has 1 atom stereocenters. The molecule has 19 heavy (non-hydrogen) atoms. The molecule has 1 unspecified atom stereocenters. The summed E-state index contributed by atoms with van der Waals surface area (Å²) in [6.07, 6.45) is 1.44. The van der Waals surface area contributed by atoms with Crippen LogP contribution >= 0.6 is 0 Å². The van der Waals surface area contributed by atoms with Crippen LogP contribution in [0.4, 0.5) is 8.78 Å². The highest BCUT2D eigenvalue weighted by molar-refractivity contribution is 5.69. The molecule has 1 aliphatic carbocycles. The number of esters is 1. The summed E-state index contributed by atoms with van der Waals surface area (Å²) in [6.45, 7) is 0.151. The van der Waals surface area contributed by atoms with Crippen molar-refractivity contribution in [3.8, 4) is 0 Å². The summed E-state index contributed by atoms with van der Waals surface area (Å²) in [4.78, 5) is 11.6. The monoisotopic (exact) mass is 268 g/mol. The molecule has 0 saturated heterocycles. The number of carbonyl (C=O) groups excluding carboxylic acids is 1. The molecule has 0 aromatic heterocycles. The first-order valence-corrected chi connectivity index (χ1v) is 6.65. The average molecular weight is 268 g/mol. The van der Waals surface area contributed by atoms with E-state index in [0.29, 0.717) is 12.8 Å². The van der Waals surface area contributed by atoms with Crippen molar-refractivity contribution in [3.63, 3.8) is 0 Å². The third-order valence-corrected chi connectivity index (χ3v) is 3.57. The molecule has 4 heteroatoms. The minimum Gasteiger partial charge on any atom is -0.461 e. The summed E-state index contributed by atoms with van der Waals surface area (Å²) in [5, 5.41) is 0. The van der Waals surface area contributed by atoms with Crippen molar-refractivity contribution in [2.45, 2.75) is 44.6 Å². The van der Waals surface area contributed by atoms with E-state index < -0.39 is 17.8 Å². The molecule has 1 aromatic carbocycles. The molecule has 1 aliphatic rings. The van der Waals surface area contributed by atoms with Gasteiger partial charge in [0, 0.05) is 12.3 Å². The number of hydrogen-bond donors (Lipinski definition) is 0. The third kappa shape index (κ3) is 4.01. The second-order valence-electron chi connectivity index (χ2n) is 5.05. The van der Waals surface area contributed by atoms with E-state index in [9.17, 15) is 13.6 Å². The van der Waals surface area contributed by atoms with Crippen LogP contribution in [0.3, 0.4) is 0 Å². The van der Waals surface area contributed by atoms with Gasteiger partial charge in [0.15, 0.2) is 0 Å². The molecule has 0 amide bonds. The first-order valence-electron chi connectivity index (χ1n) is 6.65. The van der Waals surface area contributed by atoms with E-state index in [-0.39, 0.29) is 19.4 Å². The van der Waals surface area contributed by atoms with Gasteiger partial charge in [0.05, 0.1) is 6.42 Å². The second-order valence-corrected chi connectivity index (χ2v) is 5.05. The number of benzene rings is 1. The Balaban J connectivity index is 1.81. The van der Waals surface area contributed by atoms with Gasteiger partial charge in [-0.1, -0.05) is 36.8 Å². The number of halogens is 2. The summed E-state index contributed by atoms with van der Waals surface area (Å²) < 4.78 is 32.2. The zero-order valence-electron chi connectivity index (χ0n) is 10.8. The number of alkyl halides is 2. The van der Waals surface area contributed by atoms with Crippen LogP contribution in [0.5, 0.6) is 0 Å². The first-order chi connectivity index (χ1) is 9.08. The van der Waals surface area contributed by atoms with Gasteiger partial charge >= 0.3 is 5.97 Å². The highest BCUT2D eigenvalue weighted by Crippen LogP contribution is 2.40. The van der Waals surface area contributed by atoms with E-state index in [4.69, 9.17) is 4.74 Å². The Bertz CT molecular complexity index is 417. The summed E-state index contributed by atoms with van der Waals surface area (Å²) in [7, 11) is 0. The zero-order chi connectivity index (χ0) is 13.7. The fourth-order valence-corrected chi connectivity index (χ4v) is 2.42. The van der Waals surface area contributed by atoms with Crippen LogP contribution in [0.15, 0.2) is 30.3 Å². The van der Waals surface area contributed by atoms with Crippen LogP contribution < -0.4 is 0 Å². The Morgan fingerprint density at radius 2 is 2.00 bits per heavy atom. The van der Waals surface area contributed by atoms with Crippen LogP contribution in [0, 0.1) is 5.92 Å². The zero-order valence-corrected chi connectivity index (χ0v) is 10.8. The largest absolute Gasteiger partial charge is 0.461 e. The molecule has 1 aromatic rings. The van der Waals surface area contributed by atoms with Crippen molar-refractivity contribution in [1.82, 2.24) is 0 Å². The molecule has 1 fully saturated rings. The summed E-state index contributed by atoms with van der Waals surface area (Å²) in [5.41, 5.74) is 0.867. The Morgan fingerprint density at radius 1 is 1.26 bits per heavy atom. The Hall–Kier alpha value is -1.45. The summed E-state index contributed by atoms with van der Waals surface area (Å²) in [6, 6.07) is 9.23. The van der Waals surface area contributed by atoms with Crippen molar-refractivity contribution in [1.29, 1.82) is 0 Å². The minimum atomic E-state index is -2.72. The quantitative estimate of drug-likeness (QED) is 0.773. The number of ether oxygens (including phenoxy) is 1. The van der Waals surface area contributed by atoms with Gasteiger partial charge in [0.2, 0.25) is 0 Å². The molecule has 2 rings (SSSR count). The maximum Gasteiger partial charge on any atom is 0.306 e. The molecular formula is C15H18F2O2. The highest BCUT2D eigenvalue weighted by atomic mass is 19.3. The Morgan fingerprint density at radius 3 is 2.68 bits per heavy atom. The van der Waals surface area contributed by atoms with Crippen LogP contribution in [0.2, 0.25) is 0 Å². The number of rotatable bonds is 4. The van der Waals surface area contributed by atoms with Crippen molar-refractivity contribution >= 4 is 5.97 Å². The number of carbonyl (C=O) groups is 1. The lowest BCUT2D eigenvalue weighted by Gasteiger charge is -2.30. The SMILES string of the molecule is O=C(CC1CCCCC1(F)F)OCc1ccccc1. The number of hydrogen-bond acceptors (Lipinski definition) is 2. The molecule has 0 N–H and O–H groups in total. The highest BCUT2D eigenvalue weighted by Gasteiger charge is 2.42. The molecule has 0 aliphatic heterocycles. The van der Waals surface area contributed by atoms with E-state index in [0.717, 1.165) is 12.0 Å². The predicted octanol–water partition coefficient (Wildman–Crippen LogP) is 3.95. The molecule has 0 heterocycles. The fraction of sp³-hybridized carbons (Fsp3) is 0.533. The molecular weight excluding hydrogens is 250 g/mol. The molecule has 0 bridgehead atoms. The lowest BCUT2D eigenvalue weighted by molar-refractivity contribution is -0.153. The van der Waals surface area contributed by atoms with Gasteiger partial charge in [-0.3, -0.25) is 4.79 Å². The van der Waals surface area contributed by atoms with Crippen LogP contribution in [-0.2, 0) is 16.1 Å². The Labute approximate surface area is 111 Å². The van der Waals surface area contributed by atoms with Gasteiger partial charge in [-0.15, -0.1) is 0 Å². The van der Waals surface area contributed by atoms with Gasteiger partial charge in [0.1, 0.15) is 6.61 Å². The Kier molecular flexibility index (Phi) is 4.51. The molecule has 0 radical (unpaired) electrons. The normalized spacial score (nSPS) is 21.9. The molecule has 1 saturated carbocycles. The van der Waals surface area contributed by atoms with E-state index in [2.05, 4.69) is 0 Å². The van der Waals surface area contributed by atoms with Crippen molar-refractivity contribution < 1.29 is 18.3 Å². The lowest BCUT2D eigenvalue weighted by atomic mass is 9.83. The van der Waals surface area contributed by atoms with Crippen molar-refractivity contribution in [2.24, 2.45) is 5.92 Å². The van der Waals surface area contributed by atoms with Crippen molar-refractivity contribution in [2.75, 3.05) is 0 Å². The van der Waals surface area contributed by atoms with Gasteiger partial charge in [-0.2, -0.15) is 0 Å². The van der Waals surface area contributed by atoms with Crippen LogP contribution in [0.25, 0.3) is 0 Å². The van der Waals surface area contributed by atoms with E-state index in [1.807, 2.05) is 30.3 Å². The standard InChI is InChI=1S/C15H18F2O2/c16-15(17)9-5-4-8-13(15)10-14(18)19-11-12-6-2-1-3-7-12/h1-3,6-7,13H,4-5,8-11H2. The maximum absolute atomic E-state index is 13.6. The second kappa shape index (κ2) is 6.13. The predicted molar refractivity (Wildman–Crippen MR) is 67.8 cm³/mol. The van der Waals surface area contributed by atoms with E-state index in [1.165, 1.54) is 0 Å². The van der Waals surface area contributed by atoms with E-state index in [1.54, 1.807) is 0 Å². The van der Waals surface area contributed by atoms with Gasteiger partial charge in [-0.05, 0) is 18.4 Å². The molecule has 2 nitrogen and oxygen atoms in total. The minimum absolute atomic E-state index is 0.108. The maximum atomic E-state index is 13.6. The van der Waals surface area contributed by atoms with Crippen LogP contribution in [-0.4, -0.2) is 11.9 Å². The van der Waals surface area contributed by atoms with Gasteiger partial charge in [0.25, 0.3) is 5.92 Å². The molecule has 0 spiro atoms.